The van der Waals surface area contributed by atoms with E-state index in [1.165, 1.54) is 0 Å². The van der Waals surface area contributed by atoms with Gasteiger partial charge in [0.05, 0.1) is 22.8 Å². The zero-order valence-corrected chi connectivity index (χ0v) is 10.3. The average molecular weight is 248 g/mol. The number of nitrogens with zero attached hydrogens (tertiary/aromatic N) is 3. The van der Waals surface area contributed by atoms with Crippen LogP contribution in [0.2, 0.25) is 5.02 Å². The molecule has 2 aliphatic heterocycles. The Bertz CT molecular complexity index is 460. The van der Waals surface area contributed by atoms with Crippen molar-refractivity contribution < 1.29 is 0 Å². The Hall–Kier alpha value is -1.40. The molecule has 0 atom stereocenters. The highest BCUT2D eigenvalue weighted by molar-refractivity contribution is 6.33. The van der Waals surface area contributed by atoms with Crippen molar-refractivity contribution in [3.63, 3.8) is 0 Å². The summed E-state index contributed by atoms with van der Waals surface area (Å²) in [6.07, 6.45) is 6.88. The van der Waals surface area contributed by atoms with Crippen molar-refractivity contribution in [1.29, 1.82) is 5.26 Å². The van der Waals surface area contributed by atoms with E-state index < -0.39 is 0 Å². The van der Waals surface area contributed by atoms with Gasteiger partial charge in [-0.15, -0.1) is 0 Å². The fraction of sp³-hybridized carbons (Fsp3) is 0.462. The van der Waals surface area contributed by atoms with Crippen LogP contribution in [0.4, 0.5) is 5.69 Å². The zero-order valence-electron chi connectivity index (χ0n) is 9.51. The van der Waals surface area contributed by atoms with Gasteiger partial charge in [0.25, 0.3) is 0 Å². The Labute approximate surface area is 106 Å². The van der Waals surface area contributed by atoms with Crippen LogP contribution in [0, 0.1) is 11.5 Å². The molecule has 0 aromatic heterocycles. The van der Waals surface area contributed by atoms with Gasteiger partial charge in [0.1, 0.15) is 0 Å². The Morgan fingerprint density at radius 2 is 1.76 bits per heavy atom. The predicted molar refractivity (Wildman–Crippen MR) is 67.4 cm³/mol. The number of para-hydroxylation sites is 1. The van der Waals surface area contributed by atoms with Crippen molar-refractivity contribution in [2.45, 2.75) is 37.8 Å². The Morgan fingerprint density at radius 3 is 2.41 bits per heavy atom. The second-order valence-electron chi connectivity index (χ2n) is 4.70. The normalized spacial score (nSPS) is 27.1. The molecule has 1 aromatic rings. The quantitative estimate of drug-likeness (QED) is 0.714. The summed E-state index contributed by atoms with van der Waals surface area (Å²) in [6, 6.07) is 8.56. The maximum Gasteiger partial charge on any atom is 0.200 e. The van der Waals surface area contributed by atoms with Gasteiger partial charge in [-0.2, -0.15) is 5.26 Å². The zero-order chi connectivity index (χ0) is 11.8. The molecule has 0 unspecified atom stereocenters. The Kier molecular flexibility index (Phi) is 2.60. The van der Waals surface area contributed by atoms with Crippen molar-refractivity contribution in [3.05, 3.63) is 29.3 Å². The maximum absolute atomic E-state index is 9.33. The van der Waals surface area contributed by atoms with Crippen LogP contribution >= 0.6 is 11.6 Å². The number of benzene rings is 1. The minimum absolute atomic E-state index is 0.362. The number of hydrogen-bond acceptors (Lipinski definition) is 3. The molecule has 4 rings (SSSR count). The first-order valence-corrected chi connectivity index (χ1v) is 6.41. The highest BCUT2D eigenvalue weighted by Gasteiger charge is 2.40. The van der Waals surface area contributed by atoms with E-state index in [-0.39, 0.29) is 0 Å². The van der Waals surface area contributed by atoms with E-state index in [1.54, 1.807) is 0 Å². The first-order chi connectivity index (χ1) is 8.31. The summed E-state index contributed by atoms with van der Waals surface area (Å²) < 4.78 is 0. The molecule has 1 saturated carbocycles. The molecule has 2 bridgehead atoms. The molecule has 3 aliphatic rings. The van der Waals surface area contributed by atoms with Crippen molar-refractivity contribution in [3.8, 4) is 6.19 Å². The molecule has 17 heavy (non-hydrogen) atoms. The molecule has 2 heterocycles. The summed E-state index contributed by atoms with van der Waals surface area (Å²) in [5, 5.41) is 14.0. The van der Waals surface area contributed by atoms with Crippen LogP contribution in [0.15, 0.2) is 24.3 Å². The number of nitriles is 1. The van der Waals surface area contributed by atoms with E-state index in [1.807, 2.05) is 29.3 Å². The smallest absolute Gasteiger partial charge is 0.200 e. The van der Waals surface area contributed by atoms with Crippen molar-refractivity contribution >= 4 is 17.3 Å². The number of halogens is 1. The molecule has 0 N–H and O–H groups in total. The SMILES string of the molecule is N#CN1C2CCC(CC2)N1c1ccccc1Cl. The standard InChI is InChI=1S/C13H14ClN3/c14-12-3-1-2-4-13(12)17-11-7-5-10(6-8-11)16(17)9-15/h1-4,10-11H,5-8H2. The first-order valence-electron chi connectivity index (χ1n) is 6.04. The van der Waals surface area contributed by atoms with Crippen LogP contribution in [0.25, 0.3) is 0 Å². The molecule has 0 spiro atoms. The van der Waals surface area contributed by atoms with Gasteiger partial charge in [-0.25, -0.2) is 5.01 Å². The van der Waals surface area contributed by atoms with Crippen LogP contribution in [0.3, 0.4) is 0 Å². The maximum atomic E-state index is 9.33. The Morgan fingerprint density at radius 1 is 1.12 bits per heavy atom. The number of fused-ring (bicyclic) bond motifs is 3. The van der Waals surface area contributed by atoms with Gasteiger partial charge >= 0.3 is 0 Å². The average Bonchev–Trinajstić information content (AvgIpc) is 2.39. The molecule has 3 nitrogen and oxygen atoms in total. The lowest BCUT2D eigenvalue weighted by atomic mass is 9.87. The second-order valence-corrected chi connectivity index (χ2v) is 5.11. The predicted octanol–water partition coefficient (Wildman–Crippen LogP) is 3.17. The van der Waals surface area contributed by atoms with Crippen LogP contribution in [-0.2, 0) is 0 Å². The number of rotatable bonds is 1. The molecule has 4 heteroatoms. The number of hydrogen-bond donors (Lipinski definition) is 0. The van der Waals surface area contributed by atoms with Crippen molar-refractivity contribution in [1.82, 2.24) is 5.01 Å². The summed E-state index contributed by atoms with van der Waals surface area (Å²) in [6.45, 7) is 0. The van der Waals surface area contributed by atoms with Crippen molar-refractivity contribution in [2.24, 2.45) is 0 Å². The Balaban J connectivity index is 2.02. The molecular formula is C13H14ClN3. The highest BCUT2D eigenvalue weighted by atomic mass is 35.5. The minimum Gasteiger partial charge on any atom is -0.272 e. The van der Waals surface area contributed by atoms with Crippen LogP contribution in [0.5, 0.6) is 0 Å². The van der Waals surface area contributed by atoms with Gasteiger partial charge in [0.15, 0.2) is 6.19 Å². The topological polar surface area (TPSA) is 30.3 Å². The summed E-state index contributed by atoms with van der Waals surface area (Å²) in [4.78, 5) is 0. The molecular weight excluding hydrogens is 234 g/mol. The summed E-state index contributed by atoms with van der Waals surface area (Å²) in [5.41, 5.74) is 0.963. The largest absolute Gasteiger partial charge is 0.272 e. The lowest BCUT2D eigenvalue weighted by Crippen LogP contribution is -2.59. The minimum atomic E-state index is 0.362. The summed E-state index contributed by atoms with van der Waals surface area (Å²) in [5.74, 6) is 0. The van der Waals surface area contributed by atoms with Gasteiger partial charge in [0, 0.05) is 0 Å². The van der Waals surface area contributed by atoms with Gasteiger partial charge in [-0.05, 0) is 37.8 Å². The van der Waals surface area contributed by atoms with Crippen LogP contribution < -0.4 is 5.01 Å². The molecule has 1 aromatic carbocycles. The third-order valence-electron chi connectivity index (χ3n) is 3.79. The molecule has 2 saturated heterocycles. The van der Waals surface area contributed by atoms with E-state index in [9.17, 15) is 5.26 Å². The summed E-state index contributed by atoms with van der Waals surface area (Å²) >= 11 is 6.24. The third kappa shape index (κ3) is 1.64. The molecule has 0 radical (unpaired) electrons. The fourth-order valence-corrected chi connectivity index (χ4v) is 3.20. The lowest BCUT2D eigenvalue weighted by molar-refractivity contribution is 0.110. The number of anilines is 1. The summed E-state index contributed by atoms with van der Waals surface area (Å²) in [7, 11) is 0. The van der Waals surface area contributed by atoms with E-state index in [2.05, 4.69) is 11.2 Å². The van der Waals surface area contributed by atoms with E-state index in [0.717, 1.165) is 36.4 Å². The second kappa shape index (κ2) is 4.12. The molecule has 1 aliphatic carbocycles. The first kappa shape index (κ1) is 10.7. The fourth-order valence-electron chi connectivity index (χ4n) is 2.98. The van der Waals surface area contributed by atoms with Crippen molar-refractivity contribution in [2.75, 3.05) is 5.01 Å². The van der Waals surface area contributed by atoms with Gasteiger partial charge < -0.3 is 0 Å². The van der Waals surface area contributed by atoms with Crippen LogP contribution in [-0.4, -0.2) is 17.1 Å². The van der Waals surface area contributed by atoms with Gasteiger partial charge in [-0.1, -0.05) is 23.7 Å². The van der Waals surface area contributed by atoms with Gasteiger partial charge in [0.2, 0.25) is 0 Å². The lowest BCUT2D eigenvalue weighted by Gasteiger charge is -2.52. The third-order valence-corrected chi connectivity index (χ3v) is 4.11. The van der Waals surface area contributed by atoms with E-state index in [4.69, 9.17) is 11.6 Å². The van der Waals surface area contributed by atoms with E-state index in [0.29, 0.717) is 12.1 Å². The monoisotopic (exact) mass is 247 g/mol. The van der Waals surface area contributed by atoms with Gasteiger partial charge in [-0.3, -0.25) is 5.01 Å². The molecule has 0 amide bonds. The van der Waals surface area contributed by atoms with Crippen LogP contribution in [0.1, 0.15) is 25.7 Å². The molecule has 3 fully saturated rings. The highest BCUT2D eigenvalue weighted by Crippen LogP contribution is 2.40. The van der Waals surface area contributed by atoms with E-state index >= 15 is 0 Å². The number of hydrazine groups is 1. The molecule has 88 valence electrons.